The van der Waals surface area contributed by atoms with E-state index in [0.29, 0.717) is 5.69 Å². The van der Waals surface area contributed by atoms with Gasteiger partial charge in [-0.1, -0.05) is 0 Å². The average Bonchev–Trinajstić information content (AvgIpc) is 2.20. The van der Waals surface area contributed by atoms with Crippen molar-refractivity contribution in [3.63, 3.8) is 0 Å². The van der Waals surface area contributed by atoms with Gasteiger partial charge in [-0.25, -0.2) is 15.0 Å². The third-order valence-electron chi connectivity index (χ3n) is 1.54. The summed E-state index contributed by atoms with van der Waals surface area (Å²) in [6, 6.07) is 3.35. The molecule has 0 heterocycles. The monoisotopic (exact) mass is 199 g/mol. The van der Waals surface area contributed by atoms with Crippen molar-refractivity contribution in [1.82, 2.24) is 5.43 Å². The number of hydrogen-bond donors (Lipinski definition) is 3. The van der Waals surface area contributed by atoms with Crippen LogP contribution in [0.2, 0.25) is 0 Å². The van der Waals surface area contributed by atoms with E-state index in [1.54, 1.807) is 0 Å². The molecule has 0 aromatic heterocycles. The summed E-state index contributed by atoms with van der Waals surface area (Å²) in [6.45, 7) is 0. The summed E-state index contributed by atoms with van der Waals surface area (Å²) in [4.78, 5) is 10.8. The van der Waals surface area contributed by atoms with Crippen molar-refractivity contribution < 1.29 is 13.9 Å². The van der Waals surface area contributed by atoms with Crippen molar-refractivity contribution >= 4 is 11.7 Å². The van der Waals surface area contributed by atoms with E-state index in [1.807, 2.05) is 5.43 Å². The van der Waals surface area contributed by atoms with E-state index >= 15 is 0 Å². The van der Waals surface area contributed by atoms with Gasteiger partial charge < -0.3 is 10.1 Å². The Labute approximate surface area is 80.0 Å². The maximum Gasteiger partial charge on any atom is 0.333 e. The maximum absolute atomic E-state index is 12.9. The van der Waals surface area contributed by atoms with Crippen molar-refractivity contribution in [1.29, 1.82) is 0 Å². The fourth-order valence-electron chi connectivity index (χ4n) is 0.905. The molecule has 0 aliphatic carbocycles. The smallest absolute Gasteiger partial charge is 0.333 e. The highest BCUT2D eigenvalue weighted by Gasteiger charge is 2.04. The minimum Gasteiger partial charge on any atom is -0.494 e. The lowest BCUT2D eigenvalue weighted by molar-refractivity contribution is 0.252. The SMILES string of the molecule is COc1cc(NC(=O)NN)ccc1F. The molecule has 6 heteroatoms. The highest BCUT2D eigenvalue weighted by molar-refractivity contribution is 5.88. The van der Waals surface area contributed by atoms with Gasteiger partial charge in [-0.05, 0) is 12.1 Å². The predicted molar refractivity (Wildman–Crippen MR) is 49.3 cm³/mol. The Balaban J connectivity index is 2.84. The van der Waals surface area contributed by atoms with Crippen LogP contribution in [0.3, 0.4) is 0 Å². The van der Waals surface area contributed by atoms with Crippen LogP contribution in [0.4, 0.5) is 14.9 Å². The lowest BCUT2D eigenvalue weighted by Gasteiger charge is -2.06. The molecule has 0 spiro atoms. The van der Waals surface area contributed by atoms with Crippen LogP contribution in [0.5, 0.6) is 5.75 Å². The summed E-state index contributed by atoms with van der Waals surface area (Å²) < 4.78 is 17.6. The van der Waals surface area contributed by atoms with Gasteiger partial charge in [0.1, 0.15) is 0 Å². The van der Waals surface area contributed by atoms with Crippen molar-refractivity contribution in [2.75, 3.05) is 12.4 Å². The van der Waals surface area contributed by atoms with Crippen LogP contribution in [-0.4, -0.2) is 13.1 Å². The number of benzene rings is 1. The second kappa shape index (κ2) is 4.43. The Hall–Kier alpha value is -1.82. The Morgan fingerprint density at radius 3 is 2.86 bits per heavy atom. The van der Waals surface area contributed by atoms with Gasteiger partial charge in [0.25, 0.3) is 0 Å². The van der Waals surface area contributed by atoms with Gasteiger partial charge in [0, 0.05) is 11.8 Å². The molecular weight excluding hydrogens is 189 g/mol. The molecule has 76 valence electrons. The zero-order valence-electron chi connectivity index (χ0n) is 7.50. The Morgan fingerprint density at radius 2 is 2.29 bits per heavy atom. The summed E-state index contributed by atoms with van der Waals surface area (Å²) >= 11 is 0. The molecule has 0 bridgehead atoms. The highest BCUT2D eigenvalue weighted by Crippen LogP contribution is 2.21. The number of hydrazine groups is 1. The van der Waals surface area contributed by atoms with Crippen molar-refractivity contribution in [2.24, 2.45) is 5.84 Å². The zero-order chi connectivity index (χ0) is 10.6. The number of hydrogen-bond acceptors (Lipinski definition) is 3. The quantitative estimate of drug-likeness (QED) is 0.375. The summed E-state index contributed by atoms with van der Waals surface area (Å²) in [5.41, 5.74) is 2.28. The third-order valence-corrected chi connectivity index (χ3v) is 1.54. The van der Waals surface area contributed by atoms with Crippen LogP contribution in [0, 0.1) is 5.82 Å². The van der Waals surface area contributed by atoms with Gasteiger partial charge in [0.05, 0.1) is 7.11 Å². The molecular formula is C8H10FN3O2. The number of anilines is 1. The number of carbonyl (C=O) groups is 1. The summed E-state index contributed by atoms with van der Waals surface area (Å²) in [5, 5.41) is 2.37. The van der Waals surface area contributed by atoms with Crippen molar-refractivity contribution in [2.45, 2.75) is 0 Å². The normalized spacial score (nSPS) is 9.36. The number of methoxy groups -OCH3 is 1. The second-order valence-corrected chi connectivity index (χ2v) is 2.45. The van der Waals surface area contributed by atoms with Gasteiger partial charge in [-0.3, -0.25) is 5.43 Å². The van der Waals surface area contributed by atoms with Crippen LogP contribution < -0.4 is 21.3 Å². The van der Waals surface area contributed by atoms with E-state index in [2.05, 4.69) is 5.32 Å². The van der Waals surface area contributed by atoms with Crippen LogP contribution in [-0.2, 0) is 0 Å². The van der Waals surface area contributed by atoms with Gasteiger partial charge in [0.2, 0.25) is 0 Å². The van der Waals surface area contributed by atoms with Crippen molar-refractivity contribution in [3.8, 4) is 5.75 Å². The minimum atomic E-state index is -0.585. The number of urea groups is 1. The molecule has 5 nitrogen and oxygen atoms in total. The predicted octanol–water partition coefficient (Wildman–Crippen LogP) is 0.829. The van der Waals surface area contributed by atoms with Crippen LogP contribution >= 0.6 is 0 Å². The molecule has 1 aromatic carbocycles. The van der Waals surface area contributed by atoms with Crippen LogP contribution in [0.15, 0.2) is 18.2 Å². The summed E-state index contributed by atoms with van der Waals surface area (Å²) in [6.07, 6.45) is 0. The second-order valence-electron chi connectivity index (χ2n) is 2.45. The van der Waals surface area contributed by atoms with Crippen LogP contribution in [0.25, 0.3) is 0 Å². The molecule has 0 unspecified atom stereocenters. The topological polar surface area (TPSA) is 76.4 Å². The standard InChI is InChI=1S/C8H10FN3O2/c1-14-7-4-5(2-3-6(7)9)11-8(13)12-10/h2-4H,10H2,1H3,(H2,11,12,13). The third kappa shape index (κ3) is 2.33. The Morgan fingerprint density at radius 1 is 1.57 bits per heavy atom. The first-order valence-electron chi connectivity index (χ1n) is 3.78. The maximum atomic E-state index is 12.9. The first-order chi connectivity index (χ1) is 6.67. The number of amides is 2. The molecule has 0 aliphatic rings. The summed E-state index contributed by atoms with van der Waals surface area (Å²) in [5.74, 6) is 4.41. The fraction of sp³-hybridized carbons (Fsp3) is 0.125. The molecule has 0 saturated heterocycles. The zero-order valence-corrected chi connectivity index (χ0v) is 7.50. The van der Waals surface area contributed by atoms with E-state index in [9.17, 15) is 9.18 Å². The fourth-order valence-corrected chi connectivity index (χ4v) is 0.905. The van der Waals surface area contributed by atoms with E-state index < -0.39 is 11.8 Å². The first-order valence-corrected chi connectivity index (χ1v) is 3.78. The summed E-state index contributed by atoms with van der Waals surface area (Å²) in [7, 11) is 1.34. The van der Waals surface area contributed by atoms with Gasteiger partial charge in [0.15, 0.2) is 11.6 Å². The molecule has 4 N–H and O–H groups in total. The molecule has 14 heavy (non-hydrogen) atoms. The Kier molecular flexibility index (Phi) is 3.24. The lowest BCUT2D eigenvalue weighted by atomic mass is 10.3. The molecule has 0 saturated carbocycles. The lowest BCUT2D eigenvalue weighted by Crippen LogP contribution is -2.34. The number of nitrogens with two attached hydrogens (primary N) is 1. The first kappa shape index (κ1) is 10.3. The molecule has 0 atom stereocenters. The van der Waals surface area contributed by atoms with Gasteiger partial charge >= 0.3 is 6.03 Å². The van der Waals surface area contributed by atoms with Gasteiger partial charge in [-0.15, -0.1) is 0 Å². The van der Waals surface area contributed by atoms with Crippen molar-refractivity contribution in [3.05, 3.63) is 24.0 Å². The number of rotatable bonds is 2. The van der Waals surface area contributed by atoms with E-state index in [0.717, 1.165) is 0 Å². The van der Waals surface area contributed by atoms with E-state index in [1.165, 1.54) is 25.3 Å². The number of ether oxygens (including phenoxy) is 1. The number of halogens is 1. The largest absolute Gasteiger partial charge is 0.494 e. The van der Waals surface area contributed by atoms with Gasteiger partial charge in [-0.2, -0.15) is 0 Å². The molecule has 1 rings (SSSR count). The average molecular weight is 199 g/mol. The highest BCUT2D eigenvalue weighted by atomic mass is 19.1. The molecule has 0 radical (unpaired) electrons. The number of carbonyl (C=O) groups excluding carboxylic acids is 1. The molecule has 0 fully saturated rings. The van der Waals surface area contributed by atoms with E-state index in [-0.39, 0.29) is 5.75 Å². The number of nitrogens with one attached hydrogen (secondary N) is 2. The molecule has 2 amide bonds. The molecule has 0 aliphatic heterocycles. The van der Waals surface area contributed by atoms with Crippen LogP contribution in [0.1, 0.15) is 0 Å². The Bertz CT molecular complexity index is 343. The minimum absolute atomic E-state index is 0.0554. The van der Waals surface area contributed by atoms with E-state index in [4.69, 9.17) is 10.6 Å². The molecule has 1 aromatic rings.